The van der Waals surface area contributed by atoms with Gasteiger partial charge < -0.3 is 4.74 Å². The molecular formula is C13H10F3NO3S. The number of para-hydroxylation sites is 1. The molecule has 0 radical (unpaired) electrons. The largest absolute Gasteiger partial charge is 0.573 e. The van der Waals surface area contributed by atoms with Gasteiger partial charge in [0.25, 0.3) is 0 Å². The van der Waals surface area contributed by atoms with Gasteiger partial charge >= 0.3 is 6.36 Å². The quantitative estimate of drug-likeness (QED) is 0.946. The Kier molecular flexibility index (Phi) is 3.93. The molecule has 0 saturated carbocycles. The number of alkyl halides is 3. The number of hydrogen-bond acceptors (Lipinski definition) is 3. The number of primary sulfonamides is 1. The lowest BCUT2D eigenvalue weighted by atomic mass is 10.1. The molecule has 0 heterocycles. The lowest BCUT2D eigenvalue weighted by Crippen LogP contribution is -2.17. The topological polar surface area (TPSA) is 69.4 Å². The van der Waals surface area contributed by atoms with E-state index in [0.717, 1.165) is 0 Å². The monoisotopic (exact) mass is 317 g/mol. The van der Waals surface area contributed by atoms with Gasteiger partial charge in [0.15, 0.2) is 0 Å². The van der Waals surface area contributed by atoms with E-state index < -0.39 is 16.4 Å². The molecule has 0 spiro atoms. The molecule has 0 saturated heterocycles. The summed E-state index contributed by atoms with van der Waals surface area (Å²) in [4.78, 5) is -0.125. The van der Waals surface area contributed by atoms with E-state index in [-0.39, 0.29) is 16.2 Å². The van der Waals surface area contributed by atoms with Crippen molar-refractivity contribution < 1.29 is 26.3 Å². The highest BCUT2D eigenvalue weighted by Crippen LogP contribution is 2.33. The van der Waals surface area contributed by atoms with Crippen molar-refractivity contribution in [3.63, 3.8) is 0 Å². The van der Waals surface area contributed by atoms with Crippen molar-refractivity contribution in [2.45, 2.75) is 11.3 Å². The van der Waals surface area contributed by atoms with Crippen LogP contribution in [0.25, 0.3) is 11.1 Å². The van der Waals surface area contributed by atoms with Gasteiger partial charge in [-0.15, -0.1) is 13.2 Å². The van der Waals surface area contributed by atoms with Crippen LogP contribution in [0.4, 0.5) is 13.2 Å². The normalized spacial score (nSPS) is 12.2. The maximum Gasteiger partial charge on any atom is 0.573 e. The Morgan fingerprint density at radius 2 is 1.52 bits per heavy atom. The van der Waals surface area contributed by atoms with Crippen LogP contribution in [0.1, 0.15) is 0 Å². The smallest absolute Gasteiger partial charge is 0.405 e. The first kappa shape index (κ1) is 15.3. The molecule has 21 heavy (non-hydrogen) atoms. The van der Waals surface area contributed by atoms with Gasteiger partial charge in [-0.2, -0.15) is 0 Å². The first-order chi connectivity index (χ1) is 9.67. The van der Waals surface area contributed by atoms with Crippen molar-refractivity contribution >= 4 is 10.0 Å². The number of sulfonamides is 1. The minimum absolute atomic E-state index is 0.125. The predicted molar refractivity (Wildman–Crippen MR) is 69.9 cm³/mol. The maximum atomic E-state index is 12.3. The second-order valence-electron chi connectivity index (χ2n) is 4.11. The standard InChI is InChI=1S/C13H10F3NO3S/c14-13(15,16)20-12-4-2-1-3-11(12)9-5-7-10(8-6-9)21(17,18)19/h1-8H,(H2,17,18,19). The molecule has 2 N–H and O–H groups in total. The third-order valence-electron chi connectivity index (χ3n) is 2.61. The van der Waals surface area contributed by atoms with E-state index in [1.807, 2.05) is 0 Å². The number of halogens is 3. The summed E-state index contributed by atoms with van der Waals surface area (Å²) in [7, 11) is -3.85. The van der Waals surface area contributed by atoms with Crippen molar-refractivity contribution in [3.8, 4) is 16.9 Å². The molecule has 8 heteroatoms. The molecule has 0 aliphatic carbocycles. The van der Waals surface area contributed by atoms with E-state index >= 15 is 0 Å². The zero-order valence-corrected chi connectivity index (χ0v) is 11.3. The van der Waals surface area contributed by atoms with Crippen LogP contribution in [-0.4, -0.2) is 14.8 Å². The van der Waals surface area contributed by atoms with E-state index in [1.165, 1.54) is 42.5 Å². The molecule has 112 valence electrons. The van der Waals surface area contributed by atoms with Gasteiger partial charge in [-0.3, -0.25) is 0 Å². The molecule has 2 aromatic rings. The average molecular weight is 317 g/mol. The summed E-state index contributed by atoms with van der Waals surface area (Å²) < 4.78 is 63.2. The average Bonchev–Trinajstić information content (AvgIpc) is 2.37. The number of benzene rings is 2. The van der Waals surface area contributed by atoms with Gasteiger partial charge in [-0.25, -0.2) is 13.6 Å². The third kappa shape index (κ3) is 3.96. The second kappa shape index (κ2) is 5.38. The first-order valence-corrected chi connectivity index (χ1v) is 7.19. The van der Waals surface area contributed by atoms with Crippen LogP contribution >= 0.6 is 0 Å². The molecular weight excluding hydrogens is 307 g/mol. The minimum Gasteiger partial charge on any atom is -0.405 e. The van der Waals surface area contributed by atoms with Crippen LogP contribution in [0.5, 0.6) is 5.75 Å². The summed E-state index contributed by atoms with van der Waals surface area (Å²) in [5, 5.41) is 4.96. The van der Waals surface area contributed by atoms with Crippen LogP contribution in [0.2, 0.25) is 0 Å². The van der Waals surface area contributed by atoms with Gasteiger partial charge in [0.1, 0.15) is 5.75 Å². The van der Waals surface area contributed by atoms with Gasteiger partial charge in [-0.05, 0) is 23.8 Å². The highest BCUT2D eigenvalue weighted by atomic mass is 32.2. The van der Waals surface area contributed by atoms with Crippen LogP contribution in [0, 0.1) is 0 Å². The zero-order chi connectivity index (χ0) is 15.7. The summed E-state index contributed by atoms with van der Waals surface area (Å²) >= 11 is 0. The molecule has 0 fully saturated rings. The SMILES string of the molecule is NS(=O)(=O)c1ccc(-c2ccccc2OC(F)(F)F)cc1. The minimum atomic E-state index is -4.81. The van der Waals surface area contributed by atoms with E-state index in [4.69, 9.17) is 5.14 Å². The Labute approximate surface area is 119 Å². The molecule has 0 bridgehead atoms. The fraction of sp³-hybridized carbons (Fsp3) is 0.0769. The summed E-state index contributed by atoms with van der Waals surface area (Å²) in [5.41, 5.74) is 0.568. The lowest BCUT2D eigenvalue weighted by molar-refractivity contribution is -0.274. The van der Waals surface area contributed by atoms with E-state index in [1.54, 1.807) is 6.07 Å². The van der Waals surface area contributed by atoms with Crippen molar-refractivity contribution in [1.82, 2.24) is 0 Å². The van der Waals surface area contributed by atoms with E-state index in [0.29, 0.717) is 5.56 Å². The highest BCUT2D eigenvalue weighted by molar-refractivity contribution is 7.89. The fourth-order valence-electron chi connectivity index (χ4n) is 1.74. The summed E-state index contributed by atoms with van der Waals surface area (Å²) in [5.74, 6) is -0.367. The summed E-state index contributed by atoms with van der Waals surface area (Å²) in [6.07, 6.45) is -4.81. The molecule has 4 nitrogen and oxygen atoms in total. The van der Waals surface area contributed by atoms with E-state index in [9.17, 15) is 21.6 Å². The molecule has 0 amide bonds. The Hall–Kier alpha value is -2.06. The zero-order valence-electron chi connectivity index (χ0n) is 10.5. The van der Waals surface area contributed by atoms with Crippen LogP contribution in [-0.2, 0) is 10.0 Å². The van der Waals surface area contributed by atoms with Crippen molar-refractivity contribution in [2.75, 3.05) is 0 Å². The Morgan fingerprint density at radius 3 is 2.05 bits per heavy atom. The number of ether oxygens (including phenoxy) is 1. The molecule has 0 aliphatic rings. The van der Waals surface area contributed by atoms with Gasteiger partial charge in [0.05, 0.1) is 4.90 Å². The number of nitrogens with two attached hydrogens (primary N) is 1. The number of rotatable bonds is 3. The number of hydrogen-bond donors (Lipinski definition) is 1. The second-order valence-corrected chi connectivity index (χ2v) is 5.67. The molecule has 0 aliphatic heterocycles. The Morgan fingerprint density at radius 1 is 0.952 bits per heavy atom. The molecule has 0 atom stereocenters. The molecule has 2 aromatic carbocycles. The van der Waals surface area contributed by atoms with Gasteiger partial charge in [-0.1, -0.05) is 30.3 Å². The van der Waals surface area contributed by atoms with Crippen LogP contribution < -0.4 is 9.88 Å². The molecule has 2 rings (SSSR count). The molecule has 0 aromatic heterocycles. The molecule has 0 unspecified atom stereocenters. The lowest BCUT2D eigenvalue weighted by Gasteiger charge is -2.13. The van der Waals surface area contributed by atoms with Crippen molar-refractivity contribution in [3.05, 3.63) is 48.5 Å². The highest BCUT2D eigenvalue weighted by Gasteiger charge is 2.32. The van der Waals surface area contributed by atoms with Crippen LogP contribution in [0.3, 0.4) is 0 Å². The van der Waals surface area contributed by atoms with E-state index in [2.05, 4.69) is 4.74 Å². The Balaban J connectivity index is 2.43. The van der Waals surface area contributed by atoms with Crippen molar-refractivity contribution in [1.29, 1.82) is 0 Å². The first-order valence-electron chi connectivity index (χ1n) is 5.65. The predicted octanol–water partition coefficient (Wildman–Crippen LogP) is 2.90. The van der Waals surface area contributed by atoms with Gasteiger partial charge in [0, 0.05) is 5.56 Å². The third-order valence-corrected chi connectivity index (χ3v) is 3.54. The summed E-state index contributed by atoms with van der Waals surface area (Å²) in [6, 6.07) is 10.7. The summed E-state index contributed by atoms with van der Waals surface area (Å²) in [6.45, 7) is 0. The van der Waals surface area contributed by atoms with Crippen LogP contribution in [0.15, 0.2) is 53.4 Å². The van der Waals surface area contributed by atoms with Gasteiger partial charge in [0.2, 0.25) is 10.0 Å². The fourth-order valence-corrected chi connectivity index (χ4v) is 2.26. The Bertz CT molecular complexity index is 740. The maximum absolute atomic E-state index is 12.3. The van der Waals surface area contributed by atoms with Crippen molar-refractivity contribution in [2.24, 2.45) is 5.14 Å².